The highest BCUT2D eigenvalue weighted by Crippen LogP contribution is 2.19. The van der Waals surface area contributed by atoms with Crippen LogP contribution < -0.4 is 4.74 Å². The third-order valence-electron chi connectivity index (χ3n) is 2.78. The SMILES string of the molecule is CCc1nc(CCOc2ccc(C)cc2)sc1C#N. The number of rotatable bonds is 5. The highest BCUT2D eigenvalue weighted by molar-refractivity contribution is 7.12. The lowest BCUT2D eigenvalue weighted by Crippen LogP contribution is -2.01. The van der Waals surface area contributed by atoms with E-state index in [0.29, 0.717) is 6.61 Å². The predicted octanol–water partition coefficient (Wildman–Crippen LogP) is 3.51. The molecule has 0 atom stereocenters. The minimum absolute atomic E-state index is 0.588. The normalized spacial score (nSPS) is 10.2. The van der Waals surface area contributed by atoms with Crippen LogP contribution in [-0.2, 0) is 12.8 Å². The Morgan fingerprint density at radius 2 is 2.05 bits per heavy atom. The average molecular weight is 272 g/mol. The third kappa shape index (κ3) is 3.55. The molecule has 0 fully saturated rings. The van der Waals surface area contributed by atoms with E-state index in [9.17, 15) is 0 Å². The van der Waals surface area contributed by atoms with Gasteiger partial charge in [-0.25, -0.2) is 4.98 Å². The summed E-state index contributed by atoms with van der Waals surface area (Å²) >= 11 is 1.47. The number of nitriles is 1. The second kappa shape index (κ2) is 6.35. The first kappa shape index (κ1) is 13.6. The molecule has 0 spiro atoms. The van der Waals surface area contributed by atoms with E-state index >= 15 is 0 Å². The fourth-order valence-electron chi connectivity index (χ4n) is 1.73. The maximum atomic E-state index is 8.98. The van der Waals surface area contributed by atoms with Crippen molar-refractivity contribution >= 4 is 11.3 Å². The summed E-state index contributed by atoms with van der Waals surface area (Å²) in [6, 6.07) is 10.2. The number of aromatic nitrogens is 1. The second-order valence-corrected chi connectivity index (χ2v) is 5.34. The molecule has 0 saturated carbocycles. The summed E-state index contributed by atoms with van der Waals surface area (Å²) < 4.78 is 5.67. The lowest BCUT2D eigenvalue weighted by Gasteiger charge is -2.04. The zero-order chi connectivity index (χ0) is 13.7. The first-order valence-corrected chi connectivity index (χ1v) is 7.12. The van der Waals surface area contributed by atoms with Crippen molar-refractivity contribution in [3.05, 3.63) is 45.4 Å². The Morgan fingerprint density at radius 3 is 2.63 bits per heavy atom. The monoisotopic (exact) mass is 272 g/mol. The van der Waals surface area contributed by atoms with Crippen molar-refractivity contribution in [3.63, 3.8) is 0 Å². The van der Waals surface area contributed by atoms with Crippen molar-refractivity contribution in [1.29, 1.82) is 5.26 Å². The van der Waals surface area contributed by atoms with Gasteiger partial charge in [-0.15, -0.1) is 11.3 Å². The summed E-state index contributed by atoms with van der Waals surface area (Å²) in [4.78, 5) is 5.19. The molecule has 0 radical (unpaired) electrons. The van der Waals surface area contributed by atoms with Gasteiger partial charge in [0.25, 0.3) is 0 Å². The summed E-state index contributed by atoms with van der Waals surface area (Å²) in [7, 11) is 0. The third-order valence-corrected chi connectivity index (χ3v) is 3.85. The maximum Gasteiger partial charge on any atom is 0.128 e. The maximum absolute atomic E-state index is 8.98. The van der Waals surface area contributed by atoms with Gasteiger partial charge in [-0.05, 0) is 25.5 Å². The number of aryl methyl sites for hydroxylation is 2. The highest BCUT2D eigenvalue weighted by atomic mass is 32.1. The van der Waals surface area contributed by atoms with Crippen LogP contribution in [0.2, 0.25) is 0 Å². The first-order valence-electron chi connectivity index (χ1n) is 6.31. The number of thiazole rings is 1. The van der Waals surface area contributed by atoms with Gasteiger partial charge in [-0.3, -0.25) is 0 Å². The van der Waals surface area contributed by atoms with Crippen LogP contribution in [0.3, 0.4) is 0 Å². The molecule has 2 rings (SSSR count). The summed E-state index contributed by atoms with van der Waals surface area (Å²) in [6.45, 7) is 4.65. The Morgan fingerprint density at radius 1 is 1.32 bits per heavy atom. The minimum atomic E-state index is 0.588. The molecule has 0 aliphatic rings. The molecular formula is C15H16N2OS. The van der Waals surface area contributed by atoms with Crippen molar-refractivity contribution < 1.29 is 4.74 Å². The molecule has 1 aromatic heterocycles. The molecule has 2 aromatic rings. The summed E-state index contributed by atoms with van der Waals surface area (Å²) in [5, 5.41) is 9.95. The van der Waals surface area contributed by atoms with Crippen LogP contribution in [0, 0.1) is 18.3 Å². The van der Waals surface area contributed by atoms with Crippen molar-refractivity contribution in [2.24, 2.45) is 0 Å². The fraction of sp³-hybridized carbons (Fsp3) is 0.333. The molecule has 98 valence electrons. The largest absolute Gasteiger partial charge is 0.493 e. The molecule has 0 saturated heterocycles. The topological polar surface area (TPSA) is 45.9 Å². The Bertz CT molecular complexity index is 581. The van der Waals surface area contributed by atoms with Crippen molar-refractivity contribution in [1.82, 2.24) is 4.98 Å². The number of hydrogen-bond donors (Lipinski definition) is 0. The van der Waals surface area contributed by atoms with E-state index in [1.165, 1.54) is 16.9 Å². The molecule has 0 aliphatic carbocycles. The molecule has 0 N–H and O–H groups in total. The van der Waals surface area contributed by atoms with Gasteiger partial charge >= 0.3 is 0 Å². The standard InChI is InChI=1S/C15H16N2OS/c1-3-13-14(10-16)19-15(17-13)8-9-18-12-6-4-11(2)5-7-12/h4-7H,3,8-9H2,1-2H3. The van der Waals surface area contributed by atoms with Crippen LogP contribution in [0.5, 0.6) is 5.75 Å². The summed E-state index contributed by atoms with van der Waals surface area (Å²) in [6.07, 6.45) is 1.55. The van der Waals surface area contributed by atoms with Crippen LogP contribution in [0.4, 0.5) is 0 Å². The molecule has 0 amide bonds. The van der Waals surface area contributed by atoms with E-state index in [4.69, 9.17) is 10.00 Å². The number of nitrogens with zero attached hydrogens (tertiary/aromatic N) is 2. The van der Waals surface area contributed by atoms with E-state index in [0.717, 1.165) is 34.2 Å². The second-order valence-electron chi connectivity index (χ2n) is 4.26. The Balaban J connectivity index is 1.91. The van der Waals surface area contributed by atoms with E-state index in [2.05, 4.69) is 18.0 Å². The van der Waals surface area contributed by atoms with E-state index in [1.54, 1.807) is 0 Å². The smallest absolute Gasteiger partial charge is 0.128 e. The van der Waals surface area contributed by atoms with Gasteiger partial charge in [-0.1, -0.05) is 24.6 Å². The fourth-order valence-corrected chi connectivity index (χ4v) is 2.66. The summed E-state index contributed by atoms with van der Waals surface area (Å²) in [5.74, 6) is 0.873. The Labute approximate surface area is 117 Å². The first-order chi connectivity index (χ1) is 9.22. The average Bonchev–Trinajstić information content (AvgIpc) is 2.83. The quantitative estimate of drug-likeness (QED) is 0.836. The van der Waals surface area contributed by atoms with Crippen molar-refractivity contribution in [2.75, 3.05) is 6.61 Å². The number of benzene rings is 1. The Kier molecular flexibility index (Phi) is 4.53. The van der Waals surface area contributed by atoms with Crippen molar-refractivity contribution in [2.45, 2.75) is 26.7 Å². The number of hydrogen-bond acceptors (Lipinski definition) is 4. The molecule has 0 aliphatic heterocycles. The van der Waals surface area contributed by atoms with Crippen LogP contribution in [-0.4, -0.2) is 11.6 Å². The van der Waals surface area contributed by atoms with Gasteiger partial charge in [0.05, 0.1) is 17.3 Å². The zero-order valence-corrected chi connectivity index (χ0v) is 12.0. The van der Waals surface area contributed by atoms with Gasteiger partial charge in [0.2, 0.25) is 0 Å². The van der Waals surface area contributed by atoms with Crippen molar-refractivity contribution in [3.8, 4) is 11.8 Å². The van der Waals surface area contributed by atoms with Crippen LogP contribution in [0.1, 0.15) is 28.1 Å². The molecule has 4 heteroatoms. The molecule has 3 nitrogen and oxygen atoms in total. The van der Waals surface area contributed by atoms with Crippen LogP contribution >= 0.6 is 11.3 Å². The molecule has 0 unspecified atom stereocenters. The van der Waals surface area contributed by atoms with Gasteiger partial charge in [0.15, 0.2) is 0 Å². The highest BCUT2D eigenvalue weighted by Gasteiger charge is 2.08. The molecule has 1 heterocycles. The minimum Gasteiger partial charge on any atom is -0.493 e. The van der Waals surface area contributed by atoms with Gasteiger partial charge < -0.3 is 4.74 Å². The Hall–Kier alpha value is -1.86. The zero-order valence-electron chi connectivity index (χ0n) is 11.1. The van der Waals surface area contributed by atoms with Gasteiger partial charge in [0.1, 0.15) is 16.7 Å². The lowest BCUT2D eigenvalue weighted by molar-refractivity contribution is 0.321. The molecular weight excluding hydrogens is 256 g/mol. The van der Waals surface area contributed by atoms with Gasteiger partial charge in [0, 0.05) is 6.42 Å². The number of ether oxygens (including phenoxy) is 1. The molecule has 19 heavy (non-hydrogen) atoms. The van der Waals surface area contributed by atoms with E-state index in [1.807, 2.05) is 31.2 Å². The lowest BCUT2D eigenvalue weighted by atomic mass is 10.2. The predicted molar refractivity (Wildman–Crippen MR) is 76.6 cm³/mol. The van der Waals surface area contributed by atoms with Crippen LogP contribution in [0.15, 0.2) is 24.3 Å². The van der Waals surface area contributed by atoms with E-state index < -0.39 is 0 Å². The summed E-state index contributed by atoms with van der Waals surface area (Å²) in [5.41, 5.74) is 2.12. The van der Waals surface area contributed by atoms with E-state index in [-0.39, 0.29) is 0 Å². The van der Waals surface area contributed by atoms with Crippen LogP contribution in [0.25, 0.3) is 0 Å². The van der Waals surface area contributed by atoms with Gasteiger partial charge in [-0.2, -0.15) is 5.26 Å². The molecule has 0 bridgehead atoms. The molecule has 1 aromatic carbocycles.